The Hall–Kier alpha value is -1.85. The molecule has 21 heavy (non-hydrogen) atoms. The molecule has 0 radical (unpaired) electrons. The Morgan fingerprint density at radius 3 is 2.86 bits per heavy atom. The lowest BCUT2D eigenvalue weighted by Crippen LogP contribution is -2.34. The largest absolute Gasteiger partial charge is 0.481 e. The molecule has 2 N–H and O–H groups in total. The summed E-state index contributed by atoms with van der Waals surface area (Å²) in [6.45, 7) is 4.24. The average molecular weight is 293 g/mol. The molecule has 2 unspecified atom stereocenters. The van der Waals surface area contributed by atoms with Crippen molar-refractivity contribution in [1.29, 1.82) is 0 Å². The van der Waals surface area contributed by atoms with Crippen LogP contribution in [0.2, 0.25) is 0 Å². The van der Waals surface area contributed by atoms with E-state index in [4.69, 9.17) is 4.74 Å². The van der Waals surface area contributed by atoms with Gasteiger partial charge in [0.25, 0.3) is 0 Å². The van der Waals surface area contributed by atoms with Gasteiger partial charge in [-0.3, -0.25) is 4.79 Å². The van der Waals surface area contributed by atoms with E-state index in [9.17, 15) is 9.90 Å². The fourth-order valence-electron chi connectivity index (χ4n) is 2.80. The number of anilines is 1. The van der Waals surface area contributed by atoms with E-state index in [1.807, 2.05) is 6.92 Å². The van der Waals surface area contributed by atoms with Gasteiger partial charge in [0.05, 0.1) is 12.5 Å². The third kappa shape index (κ3) is 4.31. The maximum absolute atomic E-state index is 11.4. The SMILES string of the molecule is CCOc1cc(NC2CCCCCC2C(=O)O)nc(C)n1. The topological polar surface area (TPSA) is 84.3 Å². The van der Waals surface area contributed by atoms with Gasteiger partial charge in [-0.1, -0.05) is 19.3 Å². The van der Waals surface area contributed by atoms with E-state index >= 15 is 0 Å². The summed E-state index contributed by atoms with van der Waals surface area (Å²) in [7, 11) is 0. The number of nitrogens with one attached hydrogen (secondary N) is 1. The van der Waals surface area contributed by atoms with Crippen LogP contribution in [0.15, 0.2) is 6.07 Å². The standard InChI is InChI=1S/C15H23N3O3/c1-3-21-14-9-13(16-10(2)17-14)18-12-8-6-4-5-7-11(12)15(19)20/h9,11-12H,3-8H2,1-2H3,(H,19,20)(H,16,17,18). The number of rotatable bonds is 5. The first kappa shape index (κ1) is 15.5. The minimum Gasteiger partial charge on any atom is -0.481 e. The first-order chi connectivity index (χ1) is 10.1. The Kier molecular flexibility index (Phi) is 5.36. The van der Waals surface area contributed by atoms with Crippen LogP contribution in [0.5, 0.6) is 5.88 Å². The molecule has 1 aliphatic carbocycles. The van der Waals surface area contributed by atoms with Crippen LogP contribution < -0.4 is 10.1 Å². The second-order valence-electron chi connectivity index (χ2n) is 5.41. The van der Waals surface area contributed by atoms with Crippen molar-refractivity contribution in [3.63, 3.8) is 0 Å². The molecule has 1 aliphatic rings. The van der Waals surface area contributed by atoms with Gasteiger partial charge in [-0.25, -0.2) is 4.98 Å². The van der Waals surface area contributed by atoms with Gasteiger partial charge < -0.3 is 15.2 Å². The number of aliphatic carboxylic acids is 1. The molecule has 0 bridgehead atoms. The number of aryl methyl sites for hydroxylation is 1. The zero-order chi connectivity index (χ0) is 15.2. The molecule has 0 spiro atoms. The molecule has 0 aliphatic heterocycles. The molecular weight excluding hydrogens is 270 g/mol. The molecule has 6 heteroatoms. The number of carbonyl (C=O) groups is 1. The Morgan fingerprint density at radius 2 is 2.14 bits per heavy atom. The van der Waals surface area contributed by atoms with Crippen LogP contribution in [0.1, 0.15) is 44.9 Å². The highest BCUT2D eigenvalue weighted by molar-refractivity contribution is 5.71. The molecule has 1 fully saturated rings. The Labute approximate surface area is 124 Å². The second-order valence-corrected chi connectivity index (χ2v) is 5.41. The van der Waals surface area contributed by atoms with Gasteiger partial charge in [0.15, 0.2) is 0 Å². The van der Waals surface area contributed by atoms with Gasteiger partial charge in [0.2, 0.25) is 5.88 Å². The van der Waals surface area contributed by atoms with Crippen LogP contribution in [0.4, 0.5) is 5.82 Å². The average Bonchev–Trinajstić information content (AvgIpc) is 2.64. The van der Waals surface area contributed by atoms with Crippen molar-refractivity contribution >= 4 is 11.8 Å². The maximum Gasteiger partial charge on any atom is 0.308 e. The van der Waals surface area contributed by atoms with E-state index in [0.717, 1.165) is 32.1 Å². The highest BCUT2D eigenvalue weighted by atomic mass is 16.5. The van der Waals surface area contributed by atoms with Crippen molar-refractivity contribution in [3.05, 3.63) is 11.9 Å². The highest BCUT2D eigenvalue weighted by Gasteiger charge is 2.29. The smallest absolute Gasteiger partial charge is 0.308 e. The van der Waals surface area contributed by atoms with Crippen LogP contribution in [0, 0.1) is 12.8 Å². The van der Waals surface area contributed by atoms with Crippen molar-refractivity contribution < 1.29 is 14.6 Å². The van der Waals surface area contributed by atoms with E-state index in [-0.39, 0.29) is 12.0 Å². The number of ether oxygens (including phenoxy) is 1. The third-order valence-corrected chi connectivity index (χ3v) is 3.77. The van der Waals surface area contributed by atoms with Crippen LogP contribution >= 0.6 is 0 Å². The van der Waals surface area contributed by atoms with E-state index in [2.05, 4.69) is 15.3 Å². The van der Waals surface area contributed by atoms with Crippen LogP contribution in [-0.2, 0) is 4.79 Å². The molecule has 1 heterocycles. The lowest BCUT2D eigenvalue weighted by Gasteiger charge is -2.23. The number of hydrogen-bond donors (Lipinski definition) is 2. The molecule has 0 aromatic carbocycles. The molecule has 1 aromatic rings. The number of hydrogen-bond acceptors (Lipinski definition) is 5. The van der Waals surface area contributed by atoms with Gasteiger partial charge in [0.1, 0.15) is 11.6 Å². The third-order valence-electron chi connectivity index (χ3n) is 3.77. The monoisotopic (exact) mass is 293 g/mol. The summed E-state index contributed by atoms with van der Waals surface area (Å²) in [6.07, 6.45) is 4.68. The molecule has 116 valence electrons. The van der Waals surface area contributed by atoms with Gasteiger partial charge in [0, 0.05) is 12.1 Å². The summed E-state index contributed by atoms with van der Waals surface area (Å²) < 4.78 is 5.41. The van der Waals surface area contributed by atoms with Crippen molar-refractivity contribution in [2.45, 2.75) is 52.0 Å². The van der Waals surface area contributed by atoms with Gasteiger partial charge in [-0.05, 0) is 26.7 Å². The van der Waals surface area contributed by atoms with Crippen molar-refractivity contribution in [3.8, 4) is 5.88 Å². The molecule has 2 rings (SSSR count). The molecule has 2 atom stereocenters. The Balaban J connectivity index is 2.15. The minimum atomic E-state index is -0.731. The van der Waals surface area contributed by atoms with E-state index in [1.165, 1.54) is 0 Å². The van der Waals surface area contributed by atoms with Crippen molar-refractivity contribution in [1.82, 2.24) is 9.97 Å². The normalized spacial score (nSPS) is 22.4. The molecule has 0 amide bonds. The summed E-state index contributed by atoms with van der Waals surface area (Å²) >= 11 is 0. The minimum absolute atomic E-state index is 0.0891. The first-order valence-electron chi connectivity index (χ1n) is 7.58. The Bertz CT molecular complexity index is 493. The van der Waals surface area contributed by atoms with Crippen molar-refractivity contribution in [2.75, 3.05) is 11.9 Å². The van der Waals surface area contributed by atoms with E-state index < -0.39 is 5.97 Å². The van der Waals surface area contributed by atoms with Crippen molar-refractivity contribution in [2.24, 2.45) is 5.92 Å². The molecule has 6 nitrogen and oxygen atoms in total. The van der Waals surface area contributed by atoms with Gasteiger partial charge in [-0.15, -0.1) is 0 Å². The number of carboxylic acids is 1. The predicted molar refractivity (Wildman–Crippen MR) is 79.6 cm³/mol. The highest BCUT2D eigenvalue weighted by Crippen LogP contribution is 2.27. The molecule has 1 aromatic heterocycles. The lowest BCUT2D eigenvalue weighted by atomic mass is 9.95. The fourth-order valence-corrected chi connectivity index (χ4v) is 2.80. The summed E-state index contributed by atoms with van der Waals surface area (Å²) in [5.74, 6) is 0.685. The first-order valence-corrected chi connectivity index (χ1v) is 7.58. The van der Waals surface area contributed by atoms with Gasteiger partial charge in [-0.2, -0.15) is 4.98 Å². The lowest BCUT2D eigenvalue weighted by molar-refractivity contribution is -0.142. The van der Waals surface area contributed by atoms with Crippen LogP contribution in [-0.4, -0.2) is 33.7 Å². The zero-order valence-corrected chi connectivity index (χ0v) is 12.6. The maximum atomic E-state index is 11.4. The number of aromatic nitrogens is 2. The summed E-state index contributed by atoms with van der Waals surface area (Å²) in [5.41, 5.74) is 0. The number of carboxylic acid groups (broad SMARTS) is 1. The van der Waals surface area contributed by atoms with Crippen LogP contribution in [0.25, 0.3) is 0 Å². The van der Waals surface area contributed by atoms with Gasteiger partial charge >= 0.3 is 5.97 Å². The second kappa shape index (κ2) is 7.24. The summed E-state index contributed by atoms with van der Waals surface area (Å²) in [5, 5.41) is 12.7. The Morgan fingerprint density at radius 1 is 1.38 bits per heavy atom. The molecule has 1 saturated carbocycles. The molecule has 0 saturated heterocycles. The molecular formula is C15H23N3O3. The number of nitrogens with zero attached hydrogens (tertiary/aromatic N) is 2. The predicted octanol–water partition coefficient (Wildman–Crippen LogP) is 2.63. The van der Waals surface area contributed by atoms with E-state index in [1.54, 1.807) is 13.0 Å². The fraction of sp³-hybridized carbons (Fsp3) is 0.667. The quantitative estimate of drug-likeness (QED) is 0.812. The van der Waals surface area contributed by atoms with Crippen LogP contribution in [0.3, 0.4) is 0 Å². The zero-order valence-electron chi connectivity index (χ0n) is 12.6. The van der Waals surface area contributed by atoms with E-state index in [0.29, 0.717) is 24.1 Å². The summed E-state index contributed by atoms with van der Waals surface area (Å²) in [6, 6.07) is 1.65. The summed E-state index contributed by atoms with van der Waals surface area (Å²) in [4.78, 5) is 20.0.